The highest BCUT2D eigenvalue weighted by Gasteiger charge is 2.35. The summed E-state index contributed by atoms with van der Waals surface area (Å²) in [4.78, 5) is 41.1. The molecule has 0 N–H and O–H groups in total. The molecule has 1 aliphatic carbocycles. The van der Waals surface area contributed by atoms with Gasteiger partial charge in [0.1, 0.15) is 5.78 Å². The molecule has 2 fully saturated rings. The number of carbonyl (C=O) groups excluding carboxylic acids is 3. The van der Waals surface area contributed by atoms with Gasteiger partial charge in [-0.3, -0.25) is 14.4 Å². The molecule has 1 aliphatic heterocycles. The van der Waals surface area contributed by atoms with Crippen molar-refractivity contribution >= 4 is 17.6 Å². The standard InChI is InChI=1S/C24H34N2O4/c1-18(19(2)27)13-23(28)25-14-22(30-17-20-9-5-3-6-10-20)15-26(24(29)16-25)21-11-7-4-8-12-21/h3,5-6,9-10,18,21-22H,4,7-8,11-17H2,1-2H3/t18-,22+/m1/s1. The minimum atomic E-state index is -0.339. The van der Waals surface area contributed by atoms with Gasteiger partial charge >= 0.3 is 0 Å². The van der Waals surface area contributed by atoms with Crippen LogP contribution in [-0.4, -0.2) is 59.2 Å². The number of ether oxygens (including phenoxy) is 1. The van der Waals surface area contributed by atoms with Gasteiger partial charge in [-0.1, -0.05) is 56.5 Å². The molecule has 30 heavy (non-hydrogen) atoms. The summed E-state index contributed by atoms with van der Waals surface area (Å²) in [7, 11) is 0. The molecule has 2 atom stereocenters. The highest BCUT2D eigenvalue weighted by Crippen LogP contribution is 2.25. The third-order valence-corrected chi connectivity index (χ3v) is 6.34. The lowest BCUT2D eigenvalue weighted by Crippen LogP contribution is -2.46. The highest BCUT2D eigenvalue weighted by atomic mass is 16.5. The second-order valence-corrected chi connectivity index (χ2v) is 8.75. The number of hydrogen-bond acceptors (Lipinski definition) is 4. The Morgan fingerprint density at radius 1 is 1.10 bits per heavy atom. The molecule has 1 aromatic rings. The maximum atomic E-state index is 13.1. The summed E-state index contributed by atoms with van der Waals surface area (Å²) in [5.74, 6) is -0.499. The monoisotopic (exact) mass is 414 g/mol. The fourth-order valence-corrected chi connectivity index (χ4v) is 4.31. The summed E-state index contributed by atoms with van der Waals surface area (Å²) in [6, 6.07) is 10.2. The number of hydrogen-bond donors (Lipinski definition) is 0. The SMILES string of the molecule is CC(=O)[C@H](C)CC(=O)N1CC(=O)N(C2CCCCC2)C[C@@H](OCc2ccccc2)C1. The van der Waals surface area contributed by atoms with Crippen LogP contribution in [0.1, 0.15) is 57.9 Å². The van der Waals surface area contributed by atoms with E-state index in [1.54, 1.807) is 11.8 Å². The average molecular weight is 415 g/mol. The zero-order chi connectivity index (χ0) is 21.5. The number of carbonyl (C=O) groups is 3. The summed E-state index contributed by atoms with van der Waals surface area (Å²) >= 11 is 0. The summed E-state index contributed by atoms with van der Waals surface area (Å²) < 4.78 is 6.20. The van der Waals surface area contributed by atoms with Crippen molar-refractivity contribution in [1.82, 2.24) is 9.80 Å². The quantitative estimate of drug-likeness (QED) is 0.687. The molecular formula is C24H34N2O4. The molecule has 164 valence electrons. The number of nitrogens with zero attached hydrogens (tertiary/aromatic N) is 2. The highest BCUT2D eigenvalue weighted by molar-refractivity contribution is 5.88. The van der Waals surface area contributed by atoms with E-state index < -0.39 is 0 Å². The molecule has 1 saturated heterocycles. The van der Waals surface area contributed by atoms with Crippen LogP contribution in [0.25, 0.3) is 0 Å². The first-order valence-electron chi connectivity index (χ1n) is 11.2. The van der Waals surface area contributed by atoms with Crippen LogP contribution in [0.15, 0.2) is 30.3 Å². The Kier molecular flexibility index (Phi) is 8.02. The lowest BCUT2D eigenvalue weighted by atomic mass is 9.94. The zero-order valence-corrected chi connectivity index (χ0v) is 18.2. The van der Waals surface area contributed by atoms with Crippen LogP contribution in [0.4, 0.5) is 0 Å². The normalized spacial score (nSPS) is 21.9. The molecule has 1 aromatic carbocycles. The van der Waals surface area contributed by atoms with Gasteiger partial charge in [-0.15, -0.1) is 0 Å². The van der Waals surface area contributed by atoms with E-state index in [9.17, 15) is 14.4 Å². The van der Waals surface area contributed by atoms with E-state index in [0.717, 1.165) is 31.2 Å². The third-order valence-electron chi connectivity index (χ3n) is 6.34. The molecule has 1 heterocycles. The summed E-state index contributed by atoms with van der Waals surface area (Å²) in [5, 5.41) is 0. The molecule has 1 saturated carbocycles. The van der Waals surface area contributed by atoms with Crippen LogP contribution in [0.3, 0.4) is 0 Å². The van der Waals surface area contributed by atoms with Crippen LogP contribution in [0.2, 0.25) is 0 Å². The molecule has 6 heteroatoms. The first-order chi connectivity index (χ1) is 14.4. The summed E-state index contributed by atoms with van der Waals surface area (Å²) in [6.07, 6.45) is 5.44. The molecule has 0 unspecified atom stereocenters. The van der Waals surface area contributed by atoms with Crippen molar-refractivity contribution in [1.29, 1.82) is 0 Å². The number of amides is 2. The topological polar surface area (TPSA) is 66.9 Å². The van der Waals surface area contributed by atoms with Gasteiger partial charge in [-0.2, -0.15) is 0 Å². The van der Waals surface area contributed by atoms with Crippen LogP contribution in [0.5, 0.6) is 0 Å². The van der Waals surface area contributed by atoms with Crippen LogP contribution >= 0.6 is 0 Å². The molecule has 0 spiro atoms. The number of rotatable bonds is 7. The number of benzene rings is 1. The Morgan fingerprint density at radius 2 is 1.80 bits per heavy atom. The van der Waals surface area contributed by atoms with Gasteiger partial charge in [0, 0.05) is 31.5 Å². The van der Waals surface area contributed by atoms with Crippen molar-refractivity contribution in [3.63, 3.8) is 0 Å². The minimum Gasteiger partial charge on any atom is -0.370 e. The first kappa shape index (κ1) is 22.5. The molecule has 0 aromatic heterocycles. The van der Waals surface area contributed by atoms with Crippen LogP contribution in [0, 0.1) is 5.92 Å². The van der Waals surface area contributed by atoms with Crippen molar-refractivity contribution < 1.29 is 19.1 Å². The molecule has 0 bridgehead atoms. The van der Waals surface area contributed by atoms with Crippen molar-refractivity contribution in [3.05, 3.63) is 35.9 Å². The lowest BCUT2D eigenvalue weighted by molar-refractivity contribution is -0.141. The maximum Gasteiger partial charge on any atom is 0.242 e. The summed E-state index contributed by atoms with van der Waals surface area (Å²) in [6.45, 7) is 4.68. The van der Waals surface area contributed by atoms with E-state index in [1.165, 1.54) is 13.3 Å². The fourth-order valence-electron chi connectivity index (χ4n) is 4.31. The predicted molar refractivity (Wildman–Crippen MR) is 115 cm³/mol. The molecule has 3 rings (SSSR count). The molecule has 6 nitrogen and oxygen atoms in total. The van der Waals surface area contributed by atoms with Gasteiger partial charge in [0.15, 0.2) is 0 Å². The second-order valence-electron chi connectivity index (χ2n) is 8.75. The Hall–Kier alpha value is -2.21. The first-order valence-corrected chi connectivity index (χ1v) is 11.2. The molecule has 2 aliphatic rings. The maximum absolute atomic E-state index is 13.1. The lowest BCUT2D eigenvalue weighted by Gasteiger charge is -2.34. The van der Waals surface area contributed by atoms with E-state index in [2.05, 4.69) is 0 Å². The van der Waals surface area contributed by atoms with E-state index >= 15 is 0 Å². The molecule has 2 amide bonds. The van der Waals surface area contributed by atoms with Crippen LogP contribution < -0.4 is 0 Å². The van der Waals surface area contributed by atoms with Crippen molar-refractivity contribution in [2.45, 2.75) is 71.1 Å². The fraction of sp³-hybridized carbons (Fsp3) is 0.625. The van der Waals surface area contributed by atoms with Gasteiger partial charge in [-0.05, 0) is 25.3 Å². The van der Waals surface area contributed by atoms with Gasteiger partial charge < -0.3 is 14.5 Å². The number of Topliss-reactive ketones (excluding diaryl/α,β-unsaturated/α-hetero) is 1. The Morgan fingerprint density at radius 3 is 2.47 bits per heavy atom. The van der Waals surface area contributed by atoms with Crippen molar-refractivity contribution in [2.75, 3.05) is 19.6 Å². The Balaban J connectivity index is 1.72. The third kappa shape index (κ3) is 6.14. The van der Waals surface area contributed by atoms with E-state index in [0.29, 0.717) is 19.7 Å². The van der Waals surface area contributed by atoms with Crippen molar-refractivity contribution in [2.24, 2.45) is 5.92 Å². The Bertz CT molecular complexity index is 730. The number of ketones is 1. The minimum absolute atomic E-state index is 0.00320. The Labute approximate surface area is 179 Å². The van der Waals surface area contributed by atoms with E-state index in [-0.39, 0.29) is 48.6 Å². The molecular weight excluding hydrogens is 380 g/mol. The van der Waals surface area contributed by atoms with E-state index in [1.807, 2.05) is 35.2 Å². The second kappa shape index (κ2) is 10.7. The molecule has 0 radical (unpaired) electrons. The largest absolute Gasteiger partial charge is 0.370 e. The van der Waals surface area contributed by atoms with Gasteiger partial charge in [-0.25, -0.2) is 0 Å². The van der Waals surface area contributed by atoms with Crippen molar-refractivity contribution in [3.8, 4) is 0 Å². The zero-order valence-electron chi connectivity index (χ0n) is 18.2. The summed E-state index contributed by atoms with van der Waals surface area (Å²) in [5.41, 5.74) is 1.07. The predicted octanol–water partition coefficient (Wildman–Crippen LogP) is 3.19. The smallest absolute Gasteiger partial charge is 0.242 e. The van der Waals surface area contributed by atoms with Gasteiger partial charge in [0.05, 0.1) is 19.3 Å². The van der Waals surface area contributed by atoms with Gasteiger partial charge in [0.2, 0.25) is 11.8 Å². The van der Waals surface area contributed by atoms with E-state index in [4.69, 9.17) is 4.74 Å². The van der Waals surface area contributed by atoms with Crippen LogP contribution in [-0.2, 0) is 25.7 Å². The average Bonchev–Trinajstić information content (AvgIpc) is 2.92. The van der Waals surface area contributed by atoms with Gasteiger partial charge in [0.25, 0.3) is 0 Å².